The van der Waals surface area contributed by atoms with Crippen molar-refractivity contribution in [3.63, 3.8) is 0 Å². The third-order valence-electron chi connectivity index (χ3n) is 4.85. The van der Waals surface area contributed by atoms with Crippen LogP contribution in [0.4, 0.5) is 11.4 Å². The average Bonchev–Trinajstić information content (AvgIpc) is 3.16. The van der Waals surface area contributed by atoms with E-state index in [4.69, 9.17) is 4.74 Å². The maximum absolute atomic E-state index is 12.8. The fourth-order valence-electron chi connectivity index (χ4n) is 3.42. The number of thioether (sulfide) groups is 1. The van der Waals surface area contributed by atoms with Crippen LogP contribution in [0.2, 0.25) is 0 Å². The number of anilines is 2. The highest BCUT2D eigenvalue weighted by molar-refractivity contribution is 7.97. The molecule has 0 aliphatic rings. The Morgan fingerprint density at radius 1 is 0.909 bits per heavy atom. The van der Waals surface area contributed by atoms with Gasteiger partial charge < -0.3 is 19.9 Å². The first kappa shape index (κ1) is 22.4. The van der Waals surface area contributed by atoms with Crippen molar-refractivity contribution in [2.75, 3.05) is 23.5 Å². The van der Waals surface area contributed by atoms with Gasteiger partial charge in [-0.15, -0.1) is 0 Å². The normalized spacial score (nSPS) is 10.7. The summed E-state index contributed by atoms with van der Waals surface area (Å²) in [5, 5.41) is 5.68. The molecular formula is C25H24N4O3S. The van der Waals surface area contributed by atoms with Crippen molar-refractivity contribution in [1.82, 2.24) is 9.55 Å². The number of nitrogens with one attached hydrogen (secondary N) is 2. The van der Waals surface area contributed by atoms with Gasteiger partial charge in [0, 0.05) is 17.4 Å². The maximum Gasteiger partial charge on any atom is 0.262 e. The SMILES string of the molecule is CSCc1nc2ccccc2n1CC(=O)Nc1cccc(OCC(=O)Nc2ccccc2)c1. The summed E-state index contributed by atoms with van der Waals surface area (Å²) in [4.78, 5) is 29.5. The van der Waals surface area contributed by atoms with E-state index in [1.807, 2.05) is 65.4 Å². The van der Waals surface area contributed by atoms with Gasteiger partial charge in [0.2, 0.25) is 5.91 Å². The molecule has 3 aromatic carbocycles. The van der Waals surface area contributed by atoms with E-state index in [2.05, 4.69) is 15.6 Å². The number of ether oxygens (including phenoxy) is 1. The van der Waals surface area contributed by atoms with E-state index in [1.54, 1.807) is 36.0 Å². The minimum Gasteiger partial charge on any atom is -0.484 e. The number of hydrogen-bond acceptors (Lipinski definition) is 5. The number of fused-ring (bicyclic) bond motifs is 1. The first-order chi connectivity index (χ1) is 16.1. The highest BCUT2D eigenvalue weighted by Crippen LogP contribution is 2.21. The summed E-state index contributed by atoms with van der Waals surface area (Å²) in [7, 11) is 0. The molecule has 7 nitrogen and oxygen atoms in total. The summed E-state index contributed by atoms with van der Waals surface area (Å²) < 4.78 is 7.54. The second-order valence-corrected chi connectivity index (χ2v) is 8.18. The smallest absolute Gasteiger partial charge is 0.262 e. The van der Waals surface area contributed by atoms with Crippen molar-refractivity contribution < 1.29 is 14.3 Å². The Hall–Kier alpha value is -3.78. The fourth-order valence-corrected chi connectivity index (χ4v) is 3.89. The summed E-state index contributed by atoms with van der Waals surface area (Å²) in [6.45, 7) is 0.0202. The lowest BCUT2D eigenvalue weighted by atomic mass is 10.3. The standard InChI is InChI=1S/C25H24N4O3S/c1-33-17-23-28-21-12-5-6-13-22(21)29(23)15-24(30)27-19-10-7-11-20(14-19)32-16-25(31)26-18-8-3-2-4-9-18/h2-14H,15-17H2,1H3,(H,26,31)(H,27,30). The largest absolute Gasteiger partial charge is 0.484 e. The zero-order valence-electron chi connectivity index (χ0n) is 18.2. The quantitative estimate of drug-likeness (QED) is 0.383. The molecule has 0 saturated carbocycles. The molecule has 1 aromatic heterocycles. The highest BCUT2D eigenvalue weighted by Gasteiger charge is 2.14. The van der Waals surface area contributed by atoms with Gasteiger partial charge in [-0.3, -0.25) is 9.59 Å². The Labute approximate surface area is 196 Å². The second kappa shape index (κ2) is 10.7. The number of amides is 2. The Kier molecular flexibility index (Phi) is 7.26. The summed E-state index contributed by atoms with van der Waals surface area (Å²) in [6.07, 6.45) is 2.01. The van der Waals surface area contributed by atoms with E-state index < -0.39 is 0 Å². The molecule has 33 heavy (non-hydrogen) atoms. The van der Waals surface area contributed by atoms with Gasteiger partial charge in [-0.05, 0) is 42.7 Å². The third-order valence-corrected chi connectivity index (χ3v) is 5.40. The number of hydrogen-bond donors (Lipinski definition) is 2. The van der Waals surface area contributed by atoms with Crippen molar-refractivity contribution >= 4 is 46.0 Å². The van der Waals surface area contributed by atoms with Gasteiger partial charge in [-0.25, -0.2) is 4.98 Å². The van der Waals surface area contributed by atoms with Gasteiger partial charge in [0.1, 0.15) is 18.1 Å². The lowest BCUT2D eigenvalue weighted by Gasteiger charge is -2.11. The van der Waals surface area contributed by atoms with Crippen LogP contribution >= 0.6 is 11.8 Å². The number of rotatable bonds is 9. The predicted molar refractivity (Wildman–Crippen MR) is 133 cm³/mol. The van der Waals surface area contributed by atoms with Crippen LogP contribution in [-0.4, -0.2) is 34.2 Å². The van der Waals surface area contributed by atoms with Crippen LogP contribution in [0.5, 0.6) is 5.75 Å². The molecule has 8 heteroatoms. The Morgan fingerprint density at radius 2 is 1.64 bits per heavy atom. The van der Waals surface area contributed by atoms with Gasteiger partial charge in [0.25, 0.3) is 5.91 Å². The fraction of sp³-hybridized carbons (Fsp3) is 0.160. The van der Waals surface area contributed by atoms with E-state index in [9.17, 15) is 9.59 Å². The number of para-hydroxylation sites is 3. The molecular weight excluding hydrogens is 436 g/mol. The van der Waals surface area contributed by atoms with Crippen LogP contribution in [0, 0.1) is 0 Å². The number of imidazole rings is 1. The van der Waals surface area contributed by atoms with Crippen molar-refractivity contribution in [3.05, 3.63) is 84.7 Å². The Morgan fingerprint density at radius 3 is 2.45 bits per heavy atom. The number of carbonyl (C=O) groups is 2. The van der Waals surface area contributed by atoms with Crippen molar-refractivity contribution in [2.45, 2.75) is 12.3 Å². The van der Waals surface area contributed by atoms with Gasteiger partial charge in [0.15, 0.2) is 6.61 Å². The van der Waals surface area contributed by atoms with E-state index in [0.717, 1.165) is 22.6 Å². The molecule has 0 fully saturated rings. The van der Waals surface area contributed by atoms with Gasteiger partial charge >= 0.3 is 0 Å². The van der Waals surface area contributed by atoms with Crippen LogP contribution in [0.3, 0.4) is 0 Å². The van der Waals surface area contributed by atoms with Crippen LogP contribution in [-0.2, 0) is 21.9 Å². The van der Waals surface area contributed by atoms with Crippen LogP contribution in [0.25, 0.3) is 11.0 Å². The van der Waals surface area contributed by atoms with E-state index in [1.165, 1.54) is 0 Å². The molecule has 0 aliphatic heterocycles. The predicted octanol–water partition coefficient (Wildman–Crippen LogP) is 4.56. The highest BCUT2D eigenvalue weighted by atomic mass is 32.2. The van der Waals surface area contributed by atoms with Gasteiger partial charge in [0.05, 0.1) is 16.8 Å². The molecule has 0 spiro atoms. The summed E-state index contributed by atoms with van der Waals surface area (Å²) >= 11 is 1.66. The van der Waals surface area contributed by atoms with E-state index >= 15 is 0 Å². The first-order valence-corrected chi connectivity index (χ1v) is 11.8. The second-order valence-electron chi connectivity index (χ2n) is 7.31. The zero-order valence-corrected chi connectivity index (χ0v) is 19.0. The topological polar surface area (TPSA) is 85.2 Å². The molecule has 2 N–H and O–H groups in total. The molecule has 0 radical (unpaired) electrons. The molecule has 0 saturated heterocycles. The van der Waals surface area contributed by atoms with E-state index in [0.29, 0.717) is 17.1 Å². The minimum atomic E-state index is -0.260. The molecule has 4 rings (SSSR count). The van der Waals surface area contributed by atoms with Crippen molar-refractivity contribution in [2.24, 2.45) is 0 Å². The van der Waals surface area contributed by atoms with E-state index in [-0.39, 0.29) is 25.0 Å². The number of nitrogens with zero attached hydrogens (tertiary/aromatic N) is 2. The number of carbonyl (C=O) groups excluding carboxylic acids is 2. The third kappa shape index (κ3) is 5.93. The zero-order chi connectivity index (χ0) is 23.0. The monoisotopic (exact) mass is 460 g/mol. The Bertz CT molecular complexity index is 1260. The van der Waals surface area contributed by atoms with Crippen LogP contribution in [0.15, 0.2) is 78.9 Å². The molecule has 2 amide bonds. The minimum absolute atomic E-state index is 0.134. The number of benzene rings is 3. The Balaban J connectivity index is 1.37. The lowest BCUT2D eigenvalue weighted by Crippen LogP contribution is -2.21. The molecule has 0 unspecified atom stereocenters. The summed E-state index contributed by atoms with van der Waals surface area (Å²) in [6, 6.07) is 24.0. The van der Waals surface area contributed by atoms with Crippen molar-refractivity contribution in [3.8, 4) is 5.75 Å². The van der Waals surface area contributed by atoms with Gasteiger partial charge in [-0.1, -0.05) is 36.4 Å². The molecule has 0 aliphatic carbocycles. The number of aromatic nitrogens is 2. The maximum atomic E-state index is 12.8. The molecule has 1 heterocycles. The summed E-state index contributed by atoms with van der Waals surface area (Å²) in [5.74, 6) is 1.65. The first-order valence-electron chi connectivity index (χ1n) is 10.4. The van der Waals surface area contributed by atoms with Gasteiger partial charge in [-0.2, -0.15) is 11.8 Å². The molecule has 4 aromatic rings. The molecule has 0 bridgehead atoms. The lowest BCUT2D eigenvalue weighted by molar-refractivity contribution is -0.118. The molecule has 168 valence electrons. The van der Waals surface area contributed by atoms with Crippen LogP contribution in [0.1, 0.15) is 5.82 Å². The molecule has 0 atom stereocenters. The van der Waals surface area contributed by atoms with Crippen molar-refractivity contribution in [1.29, 1.82) is 0 Å². The van der Waals surface area contributed by atoms with Crippen LogP contribution < -0.4 is 15.4 Å². The average molecular weight is 461 g/mol. The summed E-state index contributed by atoms with van der Waals surface area (Å²) in [5.41, 5.74) is 3.11.